The maximum absolute atomic E-state index is 14.6. The molecule has 64 heavy (non-hydrogen) atoms. The Balaban J connectivity index is 1.71. The molecule has 3 rings (SSSR count). The molecule has 356 valence electrons. The van der Waals surface area contributed by atoms with Gasteiger partial charge in [-0.2, -0.15) is 0 Å². The van der Waals surface area contributed by atoms with Gasteiger partial charge >= 0.3 is 0 Å². The molecule has 0 spiro atoms. The number of aliphatic hydroxyl groups excluding tert-OH is 1. The summed E-state index contributed by atoms with van der Waals surface area (Å²) in [5, 5.41) is 13.8. The number of likely N-dealkylation sites (N-methyl/N-ethyl adjacent to an activating group) is 2. The summed E-state index contributed by atoms with van der Waals surface area (Å²) < 4.78 is 12.2. The van der Waals surface area contributed by atoms with Crippen LogP contribution in [0.15, 0.2) is 54.8 Å². The van der Waals surface area contributed by atoms with E-state index in [9.17, 15) is 33.9 Å². The minimum Gasteiger partial charge on any atom is -0.511 e. The minimum absolute atomic E-state index is 0.0172. The van der Waals surface area contributed by atoms with Gasteiger partial charge in [0, 0.05) is 78.2 Å². The largest absolute Gasteiger partial charge is 0.511 e. The summed E-state index contributed by atoms with van der Waals surface area (Å²) in [4.78, 5) is 86.6. The number of carbonyl (C=O) groups is 6. The lowest BCUT2D eigenvalue weighted by Gasteiger charge is -2.41. The molecule has 8 atom stereocenters. The third-order valence-electron chi connectivity index (χ3n) is 13.6. The van der Waals surface area contributed by atoms with Crippen molar-refractivity contribution in [2.75, 3.05) is 41.4 Å². The molecular formula is C49H75N5O9S. The molecule has 0 aliphatic carbocycles. The Kier molecular flexibility index (Phi) is 20.8. The van der Waals surface area contributed by atoms with Gasteiger partial charge in [0.2, 0.25) is 17.7 Å². The average molecular weight is 910 g/mol. The number of amides is 5. The summed E-state index contributed by atoms with van der Waals surface area (Å²) in [7, 11) is 6.47. The number of ketones is 1. The van der Waals surface area contributed by atoms with Crippen molar-refractivity contribution in [3.8, 4) is 0 Å². The number of methoxy groups -OCH3 is 2. The zero-order valence-corrected chi connectivity index (χ0v) is 40.9. The molecule has 2 N–H and O–H groups in total. The smallest absolute Gasteiger partial charge is 0.253 e. The third kappa shape index (κ3) is 13.8. The van der Waals surface area contributed by atoms with Gasteiger partial charge in [0.05, 0.1) is 47.3 Å². The van der Waals surface area contributed by atoms with Crippen molar-refractivity contribution in [2.45, 2.75) is 142 Å². The van der Waals surface area contributed by atoms with E-state index in [-0.39, 0.29) is 90.7 Å². The van der Waals surface area contributed by atoms with Crippen LogP contribution in [-0.4, -0.2) is 142 Å². The predicted octanol–water partition coefficient (Wildman–Crippen LogP) is 6.07. The van der Waals surface area contributed by atoms with E-state index in [1.54, 1.807) is 47.1 Å². The summed E-state index contributed by atoms with van der Waals surface area (Å²) in [6.45, 7) is 17.7. The summed E-state index contributed by atoms with van der Waals surface area (Å²) in [5.41, 5.74) is -0.199. The Labute approximate surface area is 387 Å². The molecule has 0 unspecified atom stereocenters. The van der Waals surface area contributed by atoms with Gasteiger partial charge in [-0.05, 0) is 63.4 Å². The molecule has 0 bridgehead atoms. The van der Waals surface area contributed by atoms with Crippen molar-refractivity contribution in [1.29, 1.82) is 0 Å². The first-order chi connectivity index (χ1) is 30.1. The van der Waals surface area contributed by atoms with E-state index >= 15 is 0 Å². The fraction of sp³-hybridized carbons (Fsp3) is 0.653. The van der Waals surface area contributed by atoms with Crippen LogP contribution in [0.2, 0.25) is 0 Å². The molecular weight excluding hydrogens is 835 g/mol. The van der Waals surface area contributed by atoms with E-state index in [0.29, 0.717) is 43.6 Å². The first-order valence-corrected chi connectivity index (χ1v) is 23.2. The van der Waals surface area contributed by atoms with Crippen LogP contribution >= 0.6 is 12.2 Å². The zero-order chi connectivity index (χ0) is 48.1. The Morgan fingerprint density at radius 1 is 0.984 bits per heavy atom. The van der Waals surface area contributed by atoms with E-state index in [2.05, 4.69) is 11.9 Å². The van der Waals surface area contributed by atoms with Crippen LogP contribution in [-0.2, 0) is 44.7 Å². The van der Waals surface area contributed by atoms with Gasteiger partial charge in [-0.15, -0.1) is 0 Å². The average Bonchev–Trinajstić information content (AvgIpc) is 3.88. The number of nitrogens with zero attached hydrogens (tertiary/aromatic N) is 4. The summed E-state index contributed by atoms with van der Waals surface area (Å²) >= 11 is 5.88. The lowest BCUT2D eigenvalue weighted by Crippen LogP contribution is -2.55. The molecule has 14 nitrogen and oxygen atoms in total. The number of nitrogens with one attached hydrogen (secondary N) is 1. The Hall–Kier alpha value is -4.47. The number of thiocarbonyl (C=S) groups is 1. The van der Waals surface area contributed by atoms with Crippen LogP contribution in [0.1, 0.15) is 105 Å². The van der Waals surface area contributed by atoms with E-state index in [1.807, 2.05) is 69.9 Å². The number of aliphatic hydroxyl groups is 1. The second kappa shape index (κ2) is 24.7. The SMILES string of the molecule is C=C(O)[C@H](Cc1ccccc1)NC(=S)[C@H](C)[C@@H](OC)[C@@H]1CCCN1C(=O)C[C@@H](OC)[C@H]([C@@H](C)CC)N(C)C(=O)[C@@H](CC(=O)C(C)(C)N(C)C(=O)CCCCN1C(=O)C=CC1=O)C(C)C. The highest BCUT2D eigenvalue weighted by Crippen LogP contribution is 2.32. The number of hydrogen-bond donors (Lipinski definition) is 2. The Morgan fingerprint density at radius 2 is 1.61 bits per heavy atom. The number of carbonyl (C=O) groups excluding carboxylic acids is 6. The maximum Gasteiger partial charge on any atom is 0.253 e. The Morgan fingerprint density at radius 3 is 2.16 bits per heavy atom. The first kappa shape index (κ1) is 53.9. The van der Waals surface area contributed by atoms with E-state index in [4.69, 9.17) is 21.7 Å². The van der Waals surface area contributed by atoms with Crippen LogP contribution in [0.25, 0.3) is 0 Å². The fourth-order valence-electron chi connectivity index (χ4n) is 8.89. The number of ether oxygens (including phenoxy) is 2. The van der Waals surface area contributed by atoms with E-state index in [0.717, 1.165) is 16.9 Å². The second-order valence-corrected chi connectivity index (χ2v) is 18.9. The van der Waals surface area contributed by atoms with Gasteiger partial charge in [-0.1, -0.05) is 90.2 Å². The van der Waals surface area contributed by atoms with Crippen molar-refractivity contribution >= 4 is 52.5 Å². The third-order valence-corrected chi connectivity index (χ3v) is 14.1. The second-order valence-electron chi connectivity index (χ2n) is 18.4. The van der Waals surface area contributed by atoms with Crippen molar-refractivity contribution in [2.24, 2.45) is 23.7 Å². The molecule has 15 heteroatoms. The molecule has 5 amide bonds. The molecule has 1 fully saturated rings. The van der Waals surface area contributed by atoms with Crippen LogP contribution in [0.5, 0.6) is 0 Å². The molecule has 0 aromatic heterocycles. The minimum atomic E-state index is -1.22. The first-order valence-electron chi connectivity index (χ1n) is 22.8. The number of hydrogen-bond acceptors (Lipinski definition) is 10. The summed E-state index contributed by atoms with van der Waals surface area (Å²) in [5.74, 6) is -2.93. The van der Waals surface area contributed by atoms with Crippen molar-refractivity contribution in [3.63, 3.8) is 0 Å². The number of benzene rings is 1. The summed E-state index contributed by atoms with van der Waals surface area (Å²) in [6, 6.07) is 8.49. The molecule has 2 heterocycles. The lowest BCUT2D eigenvalue weighted by atomic mass is 9.82. The van der Waals surface area contributed by atoms with Crippen LogP contribution in [0, 0.1) is 23.7 Å². The highest BCUT2D eigenvalue weighted by molar-refractivity contribution is 7.80. The van der Waals surface area contributed by atoms with Gasteiger partial charge in [-0.25, -0.2) is 0 Å². The number of likely N-dealkylation sites (tertiary alicyclic amines) is 1. The standard InChI is InChI=1S/C49H75N5O9S/c1-13-32(4)45(51(9)48(61)36(31(2)3)29-40(56)49(7,8)52(10)41(57)23-17-18-26-54-42(58)24-25-43(54)59)39(62-11)30-44(60)53-27-19-22-38(53)46(63-12)33(5)47(64)50-37(34(6)55)28-35-20-15-14-16-21-35/h14-16,20-21,24-25,31-33,36-39,45-46,55H,6,13,17-19,22-23,26-30H2,1-5,7-12H3,(H,50,64)/t32-,33+,36-,37-,38-,39+,45-,46+/m0/s1. The van der Waals surface area contributed by atoms with E-state index < -0.39 is 35.7 Å². The van der Waals surface area contributed by atoms with Crippen LogP contribution in [0.3, 0.4) is 0 Å². The van der Waals surface area contributed by atoms with Gasteiger partial charge in [0.15, 0.2) is 5.78 Å². The van der Waals surface area contributed by atoms with Crippen molar-refractivity contribution < 1.29 is 43.3 Å². The quantitative estimate of drug-likeness (QED) is 0.0480. The molecule has 1 aromatic carbocycles. The number of rotatable bonds is 26. The normalized spacial score (nSPS) is 18.6. The molecule has 2 aliphatic rings. The highest BCUT2D eigenvalue weighted by atomic mass is 32.1. The van der Waals surface area contributed by atoms with Gasteiger partial charge in [0.1, 0.15) is 5.76 Å². The molecule has 1 saturated heterocycles. The molecule has 0 saturated carbocycles. The van der Waals surface area contributed by atoms with Crippen LogP contribution in [0.4, 0.5) is 0 Å². The fourth-order valence-corrected chi connectivity index (χ4v) is 9.17. The highest BCUT2D eigenvalue weighted by Gasteiger charge is 2.44. The zero-order valence-electron chi connectivity index (χ0n) is 40.1. The van der Waals surface area contributed by atoms with Gasteiger partial charge in [0.25, 0.3) is 11.8 Å². The summed E-state index contributed by atoms with van der Waals surface area (Å²) in [6.07, 6.45) is 4.97. The Bertz CT molecular complexity index is 1820. The predicted molar refractivity (Wildman–Crippen MR) is 252 cm³/mol. The van der Waals surface area contributed by atoms with Crippen molar-refractivity contribution in [1.82, 2.24) is 24.9 Å². The lowest BCUT2D eigenvalue weighted by molar-refractivity contribution is -0.150. The number of Topliss-reactive ketones (excluding diaryl/α,β-unsaturated/α-hetero) is 1. The van der Waals surface area contributed by atoms with Crippen LogP contribution < -0.4 is 5.32 Å². The van der Waals surface area contributed by atoms with Gasteiger partial charge < -0.3 is 34.6 Å². The number of imide groups is 1. The maximum atomic E-state index is 14.6. The van der Waals surface area contributed by atoms with Crippen molar-refractivity contribution in [3.05, 3.63) is 60.4 Å². The molecule has 1 aromatic rings. The monoisotopic (exact) mass is 910 g/mol. The number of unbranched alkanes of at least 4 members (excludes halogenated alkanes) is 1. The molecule has 2 aliphatic heterocycles. The molecule has 0 radical (unpaired) electrons. The van der Waals surface area contributed by atoms with Gasteiger partial charge in [-0.3, -0.25) is 33.7 Å². The van der Waals surface area contributed by atoms with E-state index in [1.165, 1.54) is 17.1 Å². The topological polar surface area (TPSA) is 166 Å².